The fourth-order valence-corrected chi connectivity index (χ4v) is 3.49. The normalized spacial score (nSPS) is 28.2. The average molecular weight is 257 g/mol. The number of aromatic nitrogens is 2. The summed E-state index contributed by atoms with van der Waals surface area (Å²) >= 11 is 0. The molecule has 2 unspecified atom stereocenters. The van der Waals surface area contributed by atoms with E-state index in [0.29, 0.717) is 23.5 Å². The predicted molar refractivity (Wildman–Crippen MR) is 72.8 cm³/mol. The van der Waals surface area contributed by atoms with Crippen LogP contribution in [0.5, 0.6) is 0 Å². The number of anilines is 1. The quantitative estimate of drug-likeness (QED) is 0.816. The van der Waals surface area contributed by atoms with E-state index in [0.717, 1.165) is 25.3 Å². The lowest BCUT2D eigenvalue weighted by molar-refractivity contribution is 0.355. The molecule has 0 aliphatic carbocycles. The van der Waals surface area contributed by atoms with Crippen LogP contribution in [0, 0.1) is 30.1 Å². The van der Waals surface area contributed by atoms with Crippen LogP contribution in [0.15, 0.2) is 6.07 Å². The Morgan fingerprint density at radius 2 is 2.21 bits per heavy atom. The maximum atomic E-state index is 9.05. The van der Waals surface area contributed by atoms with Gasteiger partial charge in [-0.1, -0.05) is 0 Å². The maximum absolute atomic E-state index is 9.05. The molecule has 0 saturated carbocycles. The molecular formula is C14H19N5. The van der Waals surface area contributed by atoms with E-state index in [1.807, 2.05) is 6.92 Å². The number of aryl methyl sites for hydroxylation is 1. The molecule has 2 aliphatic heterocycles. The average Bonchev–Trinajstić information content (AvgIpc) is 2.91. The minimum atomic E-state index is 0.0364. The van der Waals surface area contributed by atoms with Crippen molar-refractivity contribution in [3.63, 3.8) is 0 Å². The highest BCUT2D eigenvalue weighted by atomic mass is 15.3. The molecule has 2 aliphatic rings. The lowest BCUT2D eigenvalue weighted by Crippen LogP contribution is -2.45. The van der Waals surface area contributed by atoms with Crippen molar-refractivity contribution in [2.24, 2.45) is 11.8 Å². The lowest BCUT2D eigenvalue weighted by Gasteiger charge is -2.35. The van der Waals surface area contributed by atoms with Crippen molar-refractivity contribution in [2.45, 2.75) is 26.3 Å². The molecular weight excluding hydrogens is 238 g/mol. The Kier molecular flexibility index (Phi) is 2.72. The van der Waals surface area contributed by atoms with Crippen molar-refractivity contribution >= 4 is 5.95 Å². The van der Waals surface area contributed by atoms with E-state index in [9.17, 15) is 0 Å². The molecule has 1 N–H and O–H groups in total. The van der Waals surface area contributed by atoms with Gasteiger partial charge in [-0.15, -0.1) is 0 Å². The lowest BCUT2D eigenvalue weighted by atomic mass is 9.85. The first-order valence-electron chi connectivity index (χ1n) is 6.76. The highest BCUT2D eigenvalue weighted by Gasteiger charge is 2.50. The number of hydrogen-bond donors (Lipinski definition) is 1. The molecule has 2 atom stereocenters. The van der Waals surface area contributed by atoms with Gasteiger partial charge in [0.05, 0.1) is 0 Å². The van der Waals surface area contributed by atoms with Crippen LogP contribution < -0.4 is 10.2 Å². The molecule has 3 heterocycles. The van der Waals surface area contributed by atoms with Crippen molar-refractivity contribution < 1.29 is 0 Å². The predicted octanol–water partition coefficient (Wildman–Crippen LogP) is 1.09. The zero-order valence-corrected chi connectivity index (χ0v) is 11.6. The Hall–Kier alpha value is -1.67. The number of nitrogens with one attached hydrogen (secondary N) is 1. The summed E-state index contributed by atoms with van der Waals surface area (Å²) in [4.78, 5) is 11.2. The van der Waals surface area contributed by atoms with Gasteiger partial charge in [-0.2, -0.15) is 5.26 Å². The molecule has 5 nitrogen and oxygen atoms in total. The highest BCUT2D eigenvalue weighted by molar-refractivity contribution is 5.42. The highest BCUT2D eigenvalue weighted by Crippen LogP contribution is 2.42. The molecule has 2 fully saturated rings. The Bertz CT molecular complexity index is 545. The Morgan fingerprint density at radius 1 is 1.42 bits per heavy atom. The smallest absolute Gasteiger partial charge is 0.227 e. The summed E-state index contributed by atoms with van der Waals surface area (Å²) in [6, 6.07) is 3.85. The van der Waals surface area contributed by atoms with Crippen LogP contribution in [-0.2, 0) is 0 Å². The number of rotatable bonds is 1. The second-order valence-electron chi connectivity index (χ2n) is 6.10. The van der Waals surface area contributed by atoms with Crippen LogP contribution in [-0.4, -0.2) is 35.1 Å². The van der Waals surface area contributed by atoms with Crippen LogP contribution in [0.2, 0.25) is 0 Å². The second-order valence-corrected chi connectivity index (χ2v) is 6.10. The van der Waals surface area contributed by atoms with Crippen LogP contribution in [0.4, 0.5) is 5.95 Å². The summed E-state index contributed by atoms with van der Waals surface area (Å²) in [6.45, 7) is 9.52. The number of nitrogens with zero attached hydrogens (tertiary/aromatic N) is 4. The first-order chi connectivity index (χ1) is 9.02. The molecule has 1 aromatic rings. The summed E-state index contributed by atoms with van der Waals surface area (Å²) in [5.74, 6) is 1.99. The van der Waals surface area contributed by atoms with Gasteiger partial charge in [-0.25, -0.2) is 9.97 Å². The van der Waals surface area contributed by atoms with Crippen LogP contribution in [0.3, 0.4) is 0 Å². The van der Waals surface area contributed by atoms with E-state index in [4.69, 9.17) is 5.26 Å². The van der Waals surface area contributed by atoms with E-state index in [-0.39, 0.29) is 5.54 Å². The van der Waals surface area contributed by atoms with Crippen molar-refractivity contribution in [1.82, 2.24) is 15.3 Å². The van der Waals surface area contributed by atoms with Gasteiger partial charge in [0.25, 0.3) is 0 Å². The molecule has 1 aromatic heterocycles. The number of nitriles is 1. The minimum absolute atomic E-state index is 0.0364. The second kappa shape index (κ2) is 4.17. The summed E-state index contributed by atoms with van der Waals surface area (Å²) < 4.78 is 0. The van der Waals surface area contributed by atoms with E-state index in [1.54, 1.807) is 6.07 Å². The number of hydrogen-bond acceptors (Lipinski definition) is 5. The first-order valence-corrected chi connectivity index (χ1v) is 6.76. The number of fused-ring (bicyclic) bond motifs is 1. The maximum Gasteiger partial charge on any atom is 0.227 e. The molecule has 2 saturated heterocycles. The molecule has 0 bridgehead atoms. The SMILES string of the molecule is Cc1cc(C#N)nc(N2CC3CNCC3C2(C)C)n1. The van der Waals surface area contributed by atoms with E-state index in [2.05, 4.69) is 40.1 Å². The van der Waals surface area contributed by atoms with Crippen LogP contribution >= 0.6 is 0 Å². The summed E-state index contributed by atoms with van der Waals surface area (Å²) in [5.41, 5.74) is 1.34. The zero-order valence-electron chi connectivity index (χ0n) is 11.6. The Labute approximate surface area is 113 Å². The third-order valence-corrected chi connectivity index (χ3v) is 4.56. The summed E-state index contributed by atoms with van der Waals surface area (Å²) in [7, 11) is 0. The van der Waals surface area contributed by atoms with Gasteiger partial charge in [0.15, 0.2) is 0 Å². The molecule has 0 amide bonds. The monoisotopic (exact) mass is 257 g/mol. The van der Waals surface area contributed by atoms with Gasteiger partial charge >= 0.3 is 0 Å². The standard InChI is InChI=1S/C14H19N5/c1-9-4-11(5-15)18-13(17-9)19-8-10-6-16-7-12(10)14(19,2)3/h4,10,12,16H,6-8H2,1-3H3. The van der Waals surface area contributed by atoms with Gasteiger partial charge in [0.2, 0.25) is 5.95 Å². The van der Waals surface area contributed by atoms with E-state index >= 15 is 0 Å². The van der Waals surface area contributed by atoms with Gasteiger partial charge in [-0.05, 0) is 38.7 Å². The van der Waals surface area contributed by atoms with E-state index < -0.39 is 0 Å². The molecule has 100 valence electrons. The molecule has 3 rings (SSSR count). The van der Waals surface area contributed by atoms with Crippen LogP contribution in [0.1, 0.15) is 25.2 Å². The fraction of sp³-hybridized carbons (Fsp3) is 0.643. The van der Waals surface area contributed by atoms with Crippen molar-refractivity contribution in [3.05, 3.63) is 17.5 Å². The van der Waals surface area contributed by atoms with E-state index in [1.165, 1.54) is 0 Å². The molecule has 0 radical (unpaired) electrons. The molecule has 0 aromatic carbocycles. The summed E-state index contributed by atoms with van der Waals surface area (Å²) in [5, 5.41) is 12.5. The largest absolute Gasteiger partial charge is 0.335 e. The third-order valence-electron chi connectivity index (χ3n) is 4.56. The van der Waals surface area contributed by atoms with Gasteiger partial charge in [0.1, 0.15) is 11.8 Å². The third kappa shape index (κ3) is 1.87. The summed E-state index contributed by atoms with van der Waals surface area (Å²) in [6.07, 6.45) is 0. The van der Waals surface area contributed by atoms with Crippen LogP contribution in [0.25, 0.3) is 0 Å². The molecule has 5 heteroatoms. The van der Waals surface area contributed by atoms with Crippen molar-refractivity contribution in [3.8, 4) is 6.07 Å². The van der Waals surface area contributed by atoms with Gasteiger partial charge in [0, 0.05) is 30.9 Å². The Balaban J connectivity index is 1.99. The molecule has 19 heavy (non-hydrogen) atoms. The van der Waals surface area contributed by atoms with Gasteiger partial charge in [-0.3, -0.25) is 0 Å². The Morgan fingerprint density at radius 3 is 2.89 bits per heavy atom. The molecule has 0 spiro atoms. The first kappa shape index (κ1) is 12.4. The van der Waals surface area contributed by atoms with Crippen molar-refractivity contribution in [2.75, 3.05) is 24.5 Å². The van der Waals surface area contributed by atoms with Gasteiger partial charge < -0.3 is 10.2 Å². The zero-order chi connectivity index (χ0) is 13.6. The van der Waals surface area contributed by atoms with Crippen molar-refractivity contribution in [1.29, 1.82) is 5.26 Å². The topological polar surface area (TPSA) is 64.8 Å². The fourth-order valence-electron chi connectivity index (χ4n) is 3.49. The minimum Gasteiger partial charge on any atom is -0.335 e.